The van der Waals surface area contributed by atoms with E-state index in [4.69, 9.17) is 14.4 Å². The van der Waals surface area contributed by atoms with Crippen molar-refractivity contribution in [3.8, 4) is 17.1 Å². The zero-order chi connectivity index (χ0) is 15.2. The summed E-state index contributed by atoms with van der Waals surface area (Å²) in [5, 5.41) is 16.3. The van der Waals surface area contributed by atoms with Crippen LogP contribution in [-0.2, 0) is 6.42 Å². The summed E-state index contributed by atoms with van der Waals surface area (Å²) >= 11 is 0. The molecule has 1 aliphatic rings. The summed E-state index contributed by atoms with van der Waals surface area (Å²) in [5.41, 5.74) is 1.69. The van der Waals surface area contributed by atoms with Crippen molar-refractivity contribution >= 4 is 0 Å². The fourth-order valence-electron chi connectivity index (χ4n) is 2.55. The molecule has 3 rings (SSSR count). The minimum absolute atomic E-state index is 0.155. The predicted octanol–water partition coefficient (Wildman–Crippen LogP) is 1.79. The van der Waals surface area contributed by atoms with Gasteiger partial charge in [-0.15, -0.1) is 0 Å². The van der Waals surface area contributed by atoms with Crippen LogP contribution in [0.25, 0.3) is 11.3 Å². The quantitative estimate of drug-likeness (QED) is 0.812. The molecule has 0 radical (unpaired) electrons. The van der Waals surface area contributed by atoms with Crippen molar-refractivity contribution in [2.75, 3.05) is 19.8 Å². The summed E-state index contributed by atoms with van der Waals surface area (Å²) in [6, 6.07) is 4.23. The van der Waals surface area contributed by atoms with Crippen LogP contribution in [0.15, 0.2) is 29.0 Å². The summed E-state index contributed by atoms with van der Waals surface area (Å²) in [4.78, 5) is 4.20. The first-order valence-corrected chi connectivity index (χ1v) is 7.73. The van der Waals surface area contributed by atoms with E-state index in [9.17, 15) is 0 Å². The number of nitrogens with zero attached hydrogens (tertiary/aromatic N) is 2. The van der Waals surface area contributed by atoms with Crippen molar-refractivity contribution in [3.05, 3.63) is 30.2 Å². The van der Waals surface area contributed by atoms with Gasteiger partial charge in [-0.1, -0.05) is 5.16 Å². The van der Waals surface area contributed by atoms with E-state index < -0.39 is 0 Å². The van der Waals surface area contributed by atoms with E-state index in [-0.39, 0.29) is 6.61 Å². The van der Waals surface area contributed by atoms with Crippen molar-refractivity contribution in [1.82, 2.24) is 15.5 Å². The maximum atomic E-state index is 8.85. The van der Waals surface area contributed by atoms with Crippen molar-refractivity contribution in [1.29, 1.82) is 0 Å². The van der Waals surface area contributed by atoms with Crippen LogP contribution in [0.5, 0.6) is 5.75 Å². The zero-order valence-corrected chi connectivity index (χ0v) is 12.5. The maximum Gasteiger partial charge on any atom is 0.168 e. The lowest BCUT2D eigenvalue weighted by Gasteiger charge is -2.12. The molecule has 1 atom stereocenters. The molecule has 0 amide bonds. The molecule has 22 heavy (non-hydrogen) atoms. The summed E-state index contributed by atoms with van der Waals surface area (Å²) in [5.74, 6) is 1.41. The maximum absolute atomic E-state index is 8.85. The first-order chi connectivity index (χ1) is 10.8. The van der Waals surface area contributed by atoms with Crippen LogP contribution in [0, 0.1) is 0 Å². The second kappa shape index (κ2) is 7.38. The van der Waals surface area contributed by atoms with Gasteiger partial charge >= 0.3 is 0 Å². The number of aliphatic hydroxyl groups excluding tert-OH is 1. The van der Waals surface area contributed by atoms with E-state index in [0.717, 1.165) is 30.0 Å². The smallest absolute Gasteiger partial charge is 0.168 e. The lowest BCUT2D eigenvalue weighted by Crippen LogP contribution is -2.28. The molecule has 0 unspecified atom stereocenters. The van der Waals surface area contributed by atoms with Crippen molar-refractivity contribution in [2.24, 2.45) is 0 Å². The molecule has 1 fully saturated rings. The number of aliphatic hydroxyl groups is 1. The van der Waals surface area contributed by atoms with Gasteiger partial charge in [0.25, 0.3) is 0 Å². The third-order valence-electron chi connectivity index (χ3n) is 3.76. The van der Waals surface area contributed by atoms with E-state index in [2.05, 4.69) is 15.5 Å². The van der Waals surface area contributed by atoms with Crippen LogP contribution in [0.2, 0.25) is 0 Å². The van der Waals surface area contributed by atoms with Crippen LogP contribution in [0.3, 0.4) is 0 Å². The van der Waals surface area contributed by atoms with Crippen LogP contribution in [0.1, 0.15) is 25.0 Å². The largest absolute Gasteiger partial charge is 0.490 e. The van der Waals surface area contributed by atoms with Gasteiger partial charge < -0.3 is 19.7 Å². The molecule has 2 N–H and O–H groups in total. The lowest BCUT2D eigenvalue weighted by atomic mass is 10.2. The summed E-state index contributed by atoms with van der Waals surface area (Å²) in [6.45, 7) is 1.88. The molecule has 6 heteroatoms. The fraction of sp³-hybridized carbons (Fsp3) is 0.500. The second-order valence-electron chi connectivity index (χ2n) is 5.52. The fourth-order valence-corrected chi connectivity index (χ4v) is 2.55. The van der Waals surface area contributed by atoms with Gasteiger partial charge in [0.05, 0.1) is 11.9 Å². The van der Waals surface area contributed by atoms with Gasteiger partial charge in [0, 0.05) is 30.5 Å². The molecule has 118 valence electrons. The number of rotatable bonds is 7. The molecule has 0 bridgehead atoms. The SMILES string of the molecule is OCCCc1cc(-c2cncc(OC[C@@H]3CCCN3)c2)on1. The Hall–Kier alpha value is -1.92. The summed E-state index contributed by atoms with van der Waals surface area (Å²) in [6.07, 6.45) is 7.20. The molecule has 0 aliphatic carbocycles. The molecule has 1 saturated heterocycles. The summed E-state index contributed by atoms with van der Waals surface area (Å²) < 4.78 is 11.1. The number of hydrogen-bond acceptors (Lipinski definition) is 6. The zero-order valence-electron chi connectivity index (χ0n) is 12.5. The Labute approximate surface area is 129 Å². The lowest BCUT2D eigenvalue weighted by molar-refractivity contribution is 0.276. The van der Waals surface area contributed by atoms with E-state index in [1.807, 2.05) is 12.1 Å². The molecule has 3 heterocycles. The first-order valence-electron chi connectivity index (χ1n) is 7.73. The van der Waals surface area contributed by atoms with Crippen molar-refractivity contribution in [2.45, 2.75) is 31.7 Å². The molecule has 6 nitrogen and oxygen atoms in total. The van der Waals surface area contributed by atoms with E-state index in [1.165, 1.54) is 6.42 Å². The highest BCUT2D eigenvalue weighted by Gasteiger charge is 2.15. The average Bonchev–Trinajstić information content (AvgIpc) is 3.23. The molecule has 2 aromatic rings. The van der Waals surface area contributed by atoms with Gasteiger partial charge in [-0.2, -0.15) is 0 Å². The van der Waals surface area contributed by atoms with E-state index in [0.29, 0.717) is 31.3 Å². The molecule has 0 spiro atoms. The second-order valence-corrected chi connectivity index (χ2v) is 5.52. The van der Waals surface area contributed by atoms with Gasteiger partial charge in [0.2, 0.25) is 0 Å². The topological polar surface area (TPSA) is 80.4 Å². The van der Waals surface area contributed by atoms with Crippen LogP contribution in [-0.4, -0.2) is 41.0 Å². The molecule has 0 saturated carbocycles. The monoisotopic (exact) mass is 303 g/mol. The number of aryl methyl sites for hydroxylation is 1. The van der Waals surface area contributed by atoms with Crippen LogP contribution < -0.4 is 10.1 Å². The van der Waals surface area contributed by atoms with E-state index in [1.54, 1.807) is 12.4 Å². The molecule has 1 aliphatic heterocycles. The predicted molar refractivity (Wildman–Crippen MR) is 81.7 cm³/mol. The summed E-state index contributed by atoms with van der Waals surface area (Å²) in [7, 11) is 0. The highest BCUT2D eigenvalue weighted by molar-refractivity contribution is 5.57. The van der Waals surface area contributed by atoms with Crippen LogP contribution in [0.4, 0.5) is 0 Å². The highest BCUT2D eigenvalue weighted by Crippen LogP contribution is 2.24. The number of pyridine rings is 1. The third kappa shape index (κ3) is 3.84. The Bertz CT molecular complexity index is 594. The van der Waals surface area contributed by atoms with Gasteiger partial charge in [-0.3, -0.25) is 4.98 Å². The molecular weight excluding hydrogens is 282 g/mol. The molecule has 0 aromatic carbocycles. The Kier molecular flexibility index (Phi) is 5.03. The standard InChI is InChI=1S/C16H21N3O3/c20-6-2-4-13-8-16(22-19-13)12-7-15(10-17-9-12)21-11-14-3-1-5-18-14/h7-10,14,18,20H,1-6,11H2/t14-/m0/s1. The Balaban J connectivity index is 1.63. The van der Waals surface area contributed by atoms with Crippen molar-refractivity contribution in [3.63, 3.8) is 0 Å². The first kappa shape index (κ1) is 15.0. The number of aromatic nitrogens is 2. The van der Waals surface area contributed by atoms with Gasteiger partial charge in [0.1, 0.15) is 12.4 Å². The Morgan fingerprint density at radius 3 is 3.14 bits per heavy atom. The van der Waals surface area contributed by atoms with Gasteiger partial charge in [-0.25, -0.2) is 0 Å². The number of ether oxygens (including phenoxy) is 1. The minimum atomic E-state index is 0.155. The van der Waals surface area contributed by atoms with Crippen molar-refractivity contribution < 1.29 is 14.4 Å². The average molecular weight is 303 g/mol. The minimum Gasteiger partial charge on any atom is -0.490 e. The third-order valence-corrected chi connectivity index (χ3v) is 3.76. The highest BCUT2D eigenvalue weighted by atomic mass is 16.5. The molecule has 2 aromatic heterocycles. The van der Waals surface area contributed by atoms with Gasteiger partial charge in [0.15, 0.2) is 5.76 Å². The van der Waals surface area contributed by atoms with Crippen LogP contribution >= 0.6 is 0 Å². The molecular formula is C16H21N3O3. The normalized spacial score (nSPS) is 17.8. The number of hydrogen-bond donors (Lipinski definition) is 2. The van der Waals surface area contributed by atoms with Gasteiger partial charge in [-0.05, 0) is 38.3 Å². The number of nitrogens with one attached hydrogen (secondary N) is 1. The van der Waals surface area contributed by atoms with E-state index >= 15 is 0 Å². The Morgan fingerprint density at radius 1 is 1.36 bits per heavy atom. The Morgan fingerprint density at radius 2 is 2.32 bits per heavy atom.